The minimum absolute atomic E-state index is 0.123. The zero-order chi connectivity index (χ0) is 33.3. The summed E-state index contributed by atoms with van der Waals surface area (Å²) in [6.07, 6.45) is 1.30. The highest BCUT2D eigenvalue weighted by molar-refractivity contribution is 8.00. The highest BCUT2D eigenvalue weighted by Gasteiger charge is 2.23. The maximum atomic E-state index is 14.5. The minimum atomic E-state index is -0.625. The van der Waals surface area contributed by atoms with Gasteiger partial charge in [-0.3, -0.25) is 14.4 Å². The standard InChI is InChI=1S/C40H30FN3O3S/c41-35-18-10-9-17-31(35)26-36(44-38(45)29-14-5-2-6-15-29)39(46)42-32-21-23-34(24-22-32)48-37(28-12-3-1-4-13-28)40(47)43-33-20-19-27-11-7-8-16-30(27)25-33/h1-26,37H,(H,42,46)(H,43,47)(H,44,45)/b36-26-. The first-order chi connectivity index (χ1) is 23.4. The maximum Gasteiger partial charge on any atom is 0.272 e. The van der Waals surface area contributed by atoms with E-state index in [0.717, 1.165) is 21.2 Å². The first-order valence-corrected chi connectivity index (χ1v) is 16.1. The van der Waals surface area contributed by atoms with Crippen LogP contribution in [-0.2, 0) is 9.59 Å². The van der Waals surface area contributed by atoms with Gasteiger partial charge in [-0.05, 0) is 77.0 Å². The van der Waals surface area contributed by atoms with Crippen LogP contribution in [-0.4, -0.2) is 17.7 Å². The number of carbonyl (C=O) groups is 3. The first-order valence-electron chi connectivity index (χ1n) is 15.2. The summed E-state index contributed by atoms with van der Waals surface area (Å²) in [4.78, 5) is 40.8. The topological polar surface area (TPSA) is 87.3 Å². The molecule has 0 aliphatic rings. The molecule has 3 amide bonds. The fourth-order valence-electron chi connectivity index (χ4n) is 5.02. The molecule has 48 heavy (non-hydrogen) atoms. The number of hydrogen-bond donors (Lipinski definition) is 3. The number of amides is 3. The number of fused-ring (bicyclic) bond motifs is 1. The molecule has 0 saturated heterocycles. The second kappa shape index (κ2) is 15.1. The fraction of sp³-hybridized carbons (Fsp3) is 0.0250. The Balaban J connectivity index is 1.19. The second-order valence-corrected chi connectivity index (χ2v) is 12.0. The van der Waals surface area contributed by atoms with E-state index in [4.69, 9.17) is 0 Å². The Labute approximate surface area is 281 Å². The van der Waals surface area contributed by atoms with Gasteiger partial charge < -0.3 is 16.0 Å². The van der Waals surface area contributed by atoms with E-state index < -0.39 is 22.9 Å². The molecule has 0 heterocycles. The Morgan fingerprint density at radius 3 is 1.98 bits per heavy atom. The zero-order valence-electron chi connectivity index (χ0n) is 25.6. The highest BCUT2D eigenvalue weighted by atomic mass is 32.2. The highest BCUT2D eigenvalue weighted by Crippen LogP contribution is 2.37. The van der Waals surface area contributed by atoms with Crippen LogP contribution in [0, 0.1) is 5.82 Å². The maximum absolute atomic E-state index is 14.5. The molecule has 6 nitrogen and oxygen atoms in total. The van der Waals surface area contributed by atoms with Gasteiger partial charge in [-0.25, -0.2) is 4.39 Å². The molecule has 0 aliphatic heterocycles. The van der Waals surface area contributed by atoms with Crippen LogP contribution in [0.3, 0.4) is 0 Å². The molecule has 3 N–H and O–H groups in total. The average molecular weight is 652 g/mol. The molecule has 8 heteroatoms. The van der Waals surface area contributed by atoms with Crippen LogP contribution in [0.25, 0.3) is 16.8 Å². The first kappa shape index (κ1) is 32.0. The summed E-state index contributed by atoms with van der Waals surface area (Å²) in [6, 6.07) is 44.8. The lowest BCUT2D eigenvalue weighted by Gasteiger charge is -2.18. The van der Waals surface area contributed by atoms with Crippen molar-refractivity contribution in [2.75, 3.05) is 10.6 Å². The lowest BCUT2D eigenvalue weighted by molar-refractivity contribution is -0.116. The summed E-state index contributed by atoms with van der Waals surface area (Å²) >= 11 is 1.38. The number of thioether (sulfide) groups is 1. The molecule has 0 fully saturated rings. The lowest BCUT2D eigenvalue weighted by atomic mass is 10.1. The Hall–Kier alpha value is -5.99. The number of anilines is 2. The number of carbonyl (C=O) groups excluding carboxylic acids is 3. The van der Waals surface area contributed by atoms with Gasteiger partial charge in [0.25, 0.3) is 11.8 Å². The van der Waals surface area contributed by atoms with Crippen LogP contribution in [0.15, 0.2) is 162 Å². The summed E-state index contributed by atoms with van der Waals surface area (Å²) in [7, 11) is 0. The number of nitrogens with one attached hydrogen (secondary N) is 3. The van der Waals surface area contributed by atoms with Crippen LogP contribution in [0.2, 0.25) is 0 Å². The Morgan fingerprint density at radius 1 is 0.625 bits per heavy atom. The predicted octanol–water partition coefficient (Wildman–Crippen LogP) is 8.86. The van der Waals surface area contributed by atoms with E-state index in [1.165, 1.54) is 30.0 Å². The van der Waals surface area contributed by atoms with Crippen molar-refractivity contribution in [3.63, 3.8) is 0 Å². The van der Waals surface area contributed by atoms with Crippen molar-refractivity contribution in [1.82, 2.24) is 5.32 Å². The molecular weight excluding hydrogens is 622 g/mol. The van der Waals surface area contributed by atoms with Crippen molar-refractivity contribution in [1.29, 1.82) is 0 Å². The Kier molecular flexibility index (Phi) is 10.0. The van der Waals surface area contributed by atoms with E-state index in [1.807, 2.05) is 84.9 Å². The molecular formula is C40H30FN3O3S. The van der Waals surface area contributed by atoms with Crippen LogP contribution in [0.4, 0.5) is 15.8 Å². The van der Waals surface area contributed by atoms with E-state index in [-0.39, 0.29) is 17.2 Å². The van der Waals surface area contributed by atoms with Crippen LogP contribution >= 0.6 is 11.8 Å². The molecule has 6 aromatic rings. The fourth-order valence-corrected chi connectivity index (χ4v) is 6.04. The Bertz CT molecular complexity index is 2100. The molecule has 0 aromatic heterocycles. The number of hydrogen-bond acceptors (Lipinski definition) is 4. The number of benzene rings is 6. The van der Waals surface area contributed by atoms with E-state index in [1.54, 1.807) is 54.6 Å². The van der Waals surface area contributed by atoms with Gasteiger partial charge in [-0.2, -0.15) is 0 Å². The monoisotopic (exact) mass is 651 g/mol. The summed E-state index contributed by atoms with van der Waals surface area (Å²) in [5.41, 5.74) is 2.38. The summed E-state index contributed by atoms with van der Waals surface area (Å²) in [6.45, 7) is 0. The predicted molar refractivity (Wildman–Crippen MR) is 191 cm³/mol. The SMILES string of the molecule is O=C(Nc1ccc(SC(C(=O)Nc2ccc3ccccc3c2)c2ccccc2)cc1)/C(=C/c1ccccc1F)NC(=O)c1ccccc1. The van der Waals surface area contributed by atoms with E-state index in [2.05, 4.69) is 16.0 Å². The summed E-state index contributed by atoms with van der Waals surface area (Å²) < 4.78 is 14.5. The second-order valence-electron chi connectivity index (χ2n) is 10.8. The van der Waals surface area contributed by atoms with Gasteiger partial charge in [0.15, 0.2) is 0 Å². The molecule has 0 bridgehead atoms. The number of halogens is 1. The van der Waals surface area contributed by atoms with Gasteiger partial charge in [0.05, 0.1) is 0 Å². The molecule has 236 valence electrons. The number of rotatable bonds is 10. The molecule has 6 rings (SSSR count). The zero-order valence-corrected chi connectivity index (χ0v) is 26.4. The van der Waals surface area contributed by atoms with E-state index >= 15 is 0 Å². The normalized spacial score (nSPS) is 11.8. The minimum Gasteiger partial charge on any atom is -0.325 e. The Morgan fingerprint density at radius 2 is 1.25 bits per heavy atom. The molecule has 0 aliphatic carbocycles. The molecule has 0 saturated carbocycles. The van der Waals surface area contributed by atoms with Crippen LogP contribution in [0.1, 0.15) is 26.7 Å². The van der Waals surface area contributed by atoms with Gasteiger partial charge in [0, 0.05) is 27.4 Å². The molecule has 6 aromatic carbocycles. The third-order valence-electron chi connectivity index (χ3n) is 7.46. The quantitative estimate of drug-likeness (QED) is 0.102. The van der Waals surface area contributed by atoms with Gasteiger partial charge in [0.2, 0.25) is 5.91 Å². The summed E-state index contributed by atoms with van der Waals surface area (Å²) in [5.74, 6) is -1.83. The molecule has 0 spiro atoms. The van der Waals surface area contributed by atoms with Gasteiger partial charge in [0.1, 0.15) is 16.8 Å². The van der Waals surface area contributed by atoms with Crippen molar-refractivity contribution in [2.24, 2.45) is 0 Å². The van der Waals surface area contributed by atoms with Gasteiger partial charge in [-0.1, -0.05) is 97.1 Å². The van der Waals surface area contributed by atoms with Gasteiger partial charge in [-0.15, -0.1) is 11.8 Å². The lowest BCUT2D eigenvalue weighted by Crippen LogP contribution is -2.30. The largest absolute Gasteiger partial charge is 0.325 e. The smallest absolute Gasteiger partial charge is 0.272 e. The molecule has 1 unspecified atom stereocenters. The molecule has 0 radical (unpaired) electrons. The van der Waals surface area contributed by atoms with Crippen molar-refractivity contribution in [3.8, 4) is 0 Å². The van der Waals surface area contributed by atoms with Crippen LogP contribution in [0.5, 0.6) is 0 Å². The summed E-state index contributed by atoms with van der Waals surface area (Å²) in [5, 5.41) is 10.0. The van der Waals surface area contributed by atoms with Crippen LogP contribution < -0.4 is 16.0 Å². The van der Waals surface area contributed by atoms with Crippen molar-refractivity contribution >= 4 is 57.7 Å². The average Bonchev–Trinajstić information content (AvgIpc) is 3.12. The van der Waals surface area contributed by atoms with Gasteiger partial charge >= 0.3 is 0 Å². The molecule has 1 atom stereocenters. The van der Waals surface area contributed by atoms with Crippen molar-refractivity contribution in [2.45, 2.75) is 10.1 Å². The third-order valence-corrected chi connectivity index (χ3v) is 8.72. The van der Waals surface area contributed by atoms with Crippen molar-refractivity contribution < 1.29 is 18.8 Å². The van der Waals surface area contributed by atoms with E-state index in [0.29, 0.717) is 16.9 Å². The third kappa shape index (κ3) is 8.04. The van der Waals surface area contributed by atoms with E-state index in [9.17, 15) is 18.8 Å². The van der Waals surface area contributed by atoms with Crippen molar-refractivity contribution in [3.05, 3.63) is 180 Å².